The van der Waals surface area contributed by atoms with Crippen molar-refractivity contribution in [3.05, 3.63) is 11.8 Å². The summed E-state index contributed by atoms with van der Waals surface area (Å²) in [6.07, 6.45) is 2.17. The van der Waals surface area contributed by atoms with Crippen molar-refractivity contribution in [2.45, 2.75) is 12.5 Å². The van der Waals surface area contributed by atoms with Gasteiger partial charge in [-0.2, -0.15) is 0 Å². The average Bonchev–Trinajstić information content (AvgIpc) is 2.22. The number of hydrogen-bond acceptors (Lipinski definition) is 3. The second-order valence-electron chi connectivity index (χ2n) is 2.11. The first-order valence-corrected chi connectivity index (χ1v) is 2.91. The van der Waals surface area contributed by atoms with Crippen LogP contribution in [0.2, 0.25) is 0 Å². The third-order valence-corrected chi connectivity index (χ3v) is 1.48. The molecule has 1 atom stereocenters. The zero-order valence-corrected chi connectivity index (χ0v) is 4.79. The first-order valence-electron chi connectivity index (χ1n) is 2.91. The largest absolute Gasteiger partial charge is 0.494 e. The molecular formula is C6H6O3. The molecule has 1 unspecified atom stereocenters. The zero-order valence-electron chi connectivity index (χ0n) is 4.79. The van der Waals surface area contributed by atoms with Gasteiger partial charge in [-0.3, -0.25) is 0 Å². The molecule has 0 spiro atoms. The van der Waals surface area contributed by atoms with Gasteiger partial charge < -0.3 is 9.47 Å². The lowest BCUT2D eigenvalue weighted by Gasteiger charge is -1.98. The first-order chi connectivity index (χ1) is 4.36. The van der Waals surface area contributed by atoms with E-state index in [0.29, 0.717) is 12.4 Å². The molecule has 2 heterocycles. The van der Waals surface area contributed by atoms with Crippen molar-refractivity contribution >= 4 is 5.97 Å². The van der Waals surface area contributed by atoms with Crippen molar-refractivity contribution in [3.8, 4) is 0 Å². The Labute approximate surface area is 52.3 Å². The first kappa shape index (κ1) is 4.85. The molecule has 0 saturated carbocycles. The van der Waals surface area contributed by atoms with E-state index in [4.69, 9.17) is 9.47 Å². The Bertz CT molecular complexity index is 183. The number of esters is 1. The Morgan fingerprint density at radius 3 is 3.33 bits per heavy atom. The van der Waals surface area contributed by atoms with E-state index in [1.54, 1.807) is 0 Å². The fourth-order valence-corrected chi connectivity index (χ4v) is 1.06. The predicted octanol–water partition coefficient (Wildman–Crippen LogP) is 0.216. The topological polar surface area (TPSA) is 35.5 Å². The average molecular weight is 126 g/mol. The number of hydrogen-bond donors (Lipinski definition) is 0. The Hall–Kier alpha value is -0.990. The monoisotopic (exact) mass is 126 g/mol. The van der Waals surface area contributed by atoms with E-state index in [2.05, 4.69) is 0 Å². The van der Waals surface area contributed by atoms with E-state index in [-0.39, 0.29) is 12.1 Å². The van der Waals surface area contributed by atoms with Gasteiger partial charge in [-0.05, 0) is 0 Å². The summed E-state index contributed by atoms with van der Waals surface area (Å²) < 4.78 is 9.89. The normalized spacial score (nSPS) is 30.9. The third-order valence-electron chi connectivity index (χ3n) is 1.48. The molecule has 0 aromatic rings. The molecular weight excluding hydrogens is 120 g/mol. The Morgan fingerprint density at radius 1 is 1.67 bits per heavy atom. The molecule has 0 amide bonds. The second kappa shape index (κ2) is 1.50. The van der Waals surface area contributed by atoms with Crippen LogP contribution >= 0.6 is 0 Å². The highest BCUT2D eigenvalue weighted by Gasteiger charge is 2.31. The molecule has 1 fully saturated rings. The van der Waals surface area contributed by atoms with Gasteiger partial charge in [-0.1, -0.05) is 0 Å². The van der Waals surface area contributed by atoms with Crippen molar-refractivity contribution in [1.29, 1.82) is 0 Å². The summed E-state index contributed by atoms with van der Waals surface area (Å²) in [6, 6.07) is 0. The summed E-state index contributed by atoms with van der Waals surface area (Å²) in [5.41, 5.74) is 0. The zero-order chi connectivity index (χ0) is 6.27. The highest BCUT2D eigenvalue weighted by atomic mass is 16.6. The van der Waals surface area contributed by atoms with E-state index in [1.807, 2.05) is 0 Å². The Kier molecular flexibility index (Phi) is 0.806. The van der Waals surface area contributed by atoms with Gasteiger partial charge in [-0.15, -0.1) is 0 Å². The molecule has 2 rings (SSSR count). The molecule has 0 aromatic carbocycles. The van der Waals surface area contributed by atoms with Crippen LogP contribution in [0.1, 0.15) is 6.42 Å². The molecule has 1 saturated heterocycles. The molecule has 0 radical (unpaired) electrons. The van der Waals surface area contributed by atoms with E-state index >= 15 is 0 Å². The van der Waals surface area contributed by atoms with Gasteiger partial charge in [0.1, 0.15) is 5.76 Å². The van der Waals surface area contributed by atoms with Gasteiger partial charge in [-0.25, -0.2) is 4.79 Å². The second-order valence-corrected chi connectivity index (χ2v) is 2.11. The number of ether oxygens (including phenoxy) is 2. The summed E-state index contributed by atoms with van der Waals surface area (Å²) in [5, 5.41) is 0. The SMILES string of the molecule is O=C1C=C2OCCC2O1. The molecule has 2 aliphatic rings. The van der Waals surface area contributed by atoms with Crippen LogP contribution < -0.4 is 0 Å². The highest BCUT2D eigenvalue weighted by Crippen LogP contribution is 2.25. The maximum absolute atomic E-state index is 10.5. The third kappa shape index (κ3) is 0.608. The fourth-order valence-electron chi connectivity index (χ4n) is 1.06. The smallest absolute Gasteiger partial charge is 0.335 e. The van der Waals surface area contributed by atoms with Crippen LogP contribution in [-0.2, 0) is 14.3 Å². The summed E-state index contributed by atoms with van der Waals surface area (Å²) >= 11 is 0. The molecule has 0 bridgehead atoms. The summed E-state index contributed by atoms with van der Waals surface area (Å²) in [5.74, 6) is 0.440. The molecule has 3 nitrogen and oxygen atoms in total. The van der Waals surface area contributed by atoms with Gasteiger partial charge in [0.15, 0.2) is 6.10 Å². The highest BCUT2D eigenvalue weighted by molar-refractivity contribution is 5.85. The lowest BCUT2D eigenvalue weighted by atomic mass is 10.3. The lowest BCUT2D eigenvalue weighted by Crippen LogP contribution is -2.05. The summed E-state index contributed by atoms with van der Waals surface area (Å²) in [4.78, 5) is 10.5. The van der Waals surface area contributed by atoms with Crippen molar-refractivity contribution in [2.75, 3.05) is 6.61 Å². The molecule has 48 valence electrons. The molecule has 9 heavy (non-hydrogen) atoms. The maximum atomic E-state index is 10.5. The predicted molar refractivity (Wildman–Crippen MR) is 28.5 cm³/mol. The number of rotatable bonds is 0. The minimum absolute atomic E-state index is 0.0579. The molecule has 0 aromatic heterocycles. The van der Waals surface area contributed by atoms with Crippen LogP contribution in [-0.4, -0.2) is 18.7 Å². The number of carbonyl (C=O) groups is 1. The van der Waals surface area contributed by atoms with Crippen LogP contribution in [0.25, 0.3) is 0 Å². The van der Waals surface area contributed by atoms with Crippen LogP contribution in [0.15, 0.2) is 11.8 Å². The van der Waals surface area contributed by atoms with Crippen LogP contribution in [0.4, 0.5) is 0 Å². The van der Waals surface area contributed by atoms with Gasteiger partial charge in [0.2, 0.25) is 0 Å². The minimum atomic E-state index is -0.269. The summed E-state index contributed by atoms with van der Waals surface area (Å²) in [7, 11) is 0. The van der Waals surface area contributed by atoms with Crippen LogP contribution in [0, 0.1) is 0 Å². The van der Waals surface area contributed by atoms with E-state index in [1.165, 1.54) is 6.08 Å². The molecule has 2 aliphatic heterocycles. The van der Waals surface area contributed by atoms with Crippen LogP contribution in [0.5, 0.6) is 0 Å². The van der Waals surface area contributed by atoms with Crippen molar-refractivity contribution in [2.24, 2.45) is 0 Å². The Morgan fingerprint density at radius 2 is 2.56 bits per heavy atom. The van der Waals surface area contributed by atoms with E-state index < -0.39 is 0 Å². The van der Waals surface area contributed by atoms with Crippen molar-refractivity contribution < 1.29 is 14.3 Å². The summed E-state index contributed by atoms with van der Waals surface area (Å²) in [6.45, 7) is 0.684. The molecule has 3 heteroatoms. The van der Waals surface area contributed by atoms with Crippen molar-refractivity contribution in [3.63, 3.8) is 0 Å². The molecule has 0 N–H and O–H groups in total. The van der Waals surface area contributed by atoms with Gasteiger partial charge in [0.25, 0.3) is 0 Å². The lowest BCUT2D eigenvalue weighted by molar-refractivity contribution is -0.138. The van der Waals surface area contributed by atoms with E-state index in [0.717, 1.165) is 6.42 Å². The number of carbonyl (C=O) groups excluding carboxylic acids is 1. The van der Waals surface area contributed by atoms with Gasteiger partial charge in [0, 0.05) is 6.42 Å². The standard InChI is InChI=1S/C6H6O3/c7-6-3-5-4(9-6)1-2-8-5/h3-4H,1-2H2. The van der Waals surface area contributed by atoms with Gasteiger partial charge >= 0.3 is 5.97 Å². The quantitative estimate of drug-likeness (QED) is 0.435. The maximum Gasteiger partial charge on any atom is 0.335 e. The van der Waals surface area contributed by atoms with E-state index in [9.17, 15) is 4.79 Å². The van der Waals surface area contributed by atoms with Crippen molar-refractivity contribution in [1.82, 2.24) is 0 Å². The Balaban J connectivity index is 2.27. The number of fused-ring (bicyclic) bond motifs is 1. The van der Waals surface area contributed by atoms with Gasteiger partial charge in [0.05, 0.1) is 12.7 Å². The van der Waals surface area contributed by atoms with Crippen LogP contribution in [0.3, 0.4) is 0 Å². The minimum Gasteiger partial charge on any atom is -0.494 e. The molecule has 0 aliphatic carbocycles. The fraction of sp³-hybridized carbons (Fsp3) is 0.500.